The molecule has 14 heteroatoms. The Morgan fingerprint density at radius 1 is 1.27 bits per heavy atom. The molecule has 41 heavy (non-hydrogen) atoms. The third-order valence-electron chi connectivity index (χ3n) is 7.29. The van der Waals surface area contributed by atoms with Crippen molar-refractivity contribution in [1.29, 1.82) is 5.26 Å². The number of pyridine rings is 1. The highest BCUT2D eigenvalue weighted by Crippen LogP contribution is 2.39. The molecule has 0 bridgehead atoms. The molecule has 1 atom stereocenters. The average molecular weight is 588 g/mol. The van der Waals surface area contributed by atoms with Crippen LogP contribution in [-0.4, -0.2) is 66.6 Å². The number of aromatic amines is 1. The van der Waals surface area contributed by atoms with Gasteiger partial charge in [0.15, 0.2) is 10.9 Å². The molecule has 2 aliphatic rings. The molecule has 0 aliphatic carbocycles. The van der Waals surface area contributed by atoms with Gasteiger partial charge in [-0.3, -0.25) is 9.59 Å². The van der Waals surface area contributed by atoms with Crippen molar-refractivity contribution in [2.75, 3.05) is 54.9 Å². The summed E-state index contributed by atoms with van der Waals surface area (Å²) in [5, 5.41) is 12.0. The zero-order valence-electron chi connectivity index (χ0n) is 22.0. The number of hydrogen-bond donors (Lipinski definition) is 2. The van der Waals surface area contributed by atoms with E-state index in [2.05, 4.69) is 20.2 Å². The summed E-state index contributed by atoms with van der Waals surface area (Å²) in [6.07, 6.45) is 0.768. The van der Waals surface area contributed by atoms with E-state index in [1.54, 1.807) is 15.9 Å². The molecule has 2 N–H and O–H groups in total. The van der Waals surface area contributed by atoms with Gasteiger partial charge in [-0.1, -0.05) is 17.4 Å². The lowest BCUT2D eigenvalue weighted by Gasteiger charge is -2.40. The summed E-state index contributed by atoms with van der Waals surface area (Å²) < 4.78 is 59.3. The van der Waals surface area contributed by atoms with E-state index in [-0.39, 0.29) is 29.5 Å². The number of likely N-dealkylation sites (N-methyl/N-ethyl adjacent to an activating group) is 1. The van der Waals surface area contributed by atoms with Crippen molar-refractivity contribution in [3.63, 3.8) is 0 Å². The van der Waals surface area contributed by atoms with Gasteiger partial charge in [0.1, 0.15) is 22.5 Å². The van der Waals surface area contributed by atoms with Crippen LogP contribution in [-0.2, 0) is 0 Å². The molecular weight excluding hydrogens is 562 g/mol. The van der Waals surface area contributed by atoms with Gasteiger partial charge in [-0.2, -0.15) is 5.26 Å². The Balaban J connectivity index is 1.55. The molecule has 5 rings (SSSR count). The number of halogens is 4. The van der Waals surface area contributed by atoms with Crippen LogP contribution in [0.5, 0.6) is 0 Å². The van der Waals surface area contributed by atoms with Crippen LogP contribution >= 0.6 is 11.3 Å². The maximum atomic E-state index is 16.3. The quantitative estimate of drug-likeness (QED) is 0.416. The van der Waals surface area contributed by atoms with E-state index in [1.165, 1.54) is 6.20 Å². The lowest BCUT2D eigenvalue weighted by molar-refractivity contribution is 0.101. The molecule has 9 nitrogen and oxygen atoms in total. The molecule has 214 valence electrons. The number of hydrogen-bond acceptors (Lipinski definition) is 8. The molecule has 2 aromatic heterocycles. The summed E-state index contributed by atoms with van der Waals surface area (Å²) in [6, 6.07) is 3.80. The lowest BCUT2D eigenvalue weighted by Crippen LogP contribution is -2.50. The van der Waals surface area contributed by atoms with Crippen LogP contribution < -0.4 is 20.7 Å². The Labute approximate surface area is 236 Å². The first kappa shape index (κ1) is 28.3. The summed E-state index contributed by atoms with van der Waals surface area (Å²) in [5.41, 5.74) is -2.49. The summed E-state index contributed by atoms with van der Waals surface area (Å²) in [4.78, 5) is 37.2. The highest BCUT2D eigenvalue weighted by molar-refractivity contribution is 7.16. The van der Waals surface area contributed by atoms with Gasteiger partial charge in [-0.05, 0) is 19.5 Å². The van der Waals surface area contributed by atoms with E-state index in [1.807, 2.05) is 20.0 Å². The zero-order chi connectivity index (χ0) is 29.4. The van der Waals surface area contributed by atoms with Crippen molar-refractivity contribution in [3.8, 4) is 6.07 Å². The number of rotatable bonds is 6. The summed E-state index contributed by atoms with van der Waals surface area (Å²) in [7, 11) is 1.93. The molecule has 1 fully saturated rings. The number of H-pyrrole nitrogens is 1. The number of nitrogens with zero attached hydrogens (tertiary/aromatic N) is 5. The van der Waals surface area contributed by atoms with Gasteiger partial charge < -0.3 is 25.0 Å². The predicted octanol–water partition coefficient (Wildman–Crippen LogP) is 4.22. The predicted molar refractivity (Wildman–Crippen MR) is 148 cm³/mol. The molecule has 0 radical (unpaired) electrons. The Morgan fingerprint density at radius 3 is 2.73 bits per heavy atom. The van der Waals surface area contributed by atoms with Gasteiger partial charge in [0.05, 0.1) is 23.0 Å². The van der Waals surface area contributed by atoms with Crippen molar-refractivity contribution in [2.24, 2.45) is 0 Å². The first-order chi connectivity index (χ1) is 19.6. The van der Waals surface area contributed by atoms with Gasteiger partial charge in [0.25, 0.3) is 12.3 Å². The number of carbonyl (C=O) groups is 1. The SMILES string of the molecule is C[C@H]1CN(c2cc(F)c(C3=CCN(c4ncc(C#N)s4)C3)c(F)c2NC(=O)c2c[nH]c(=O)cc2C(F)F)CCN1C. The number of nitriles is 1. The summed E-state index contributed by atoms with van der Waals surface area (Å²) in [5.74, 6) is -2.97. The van der Waals surface area contributed by atoms with Crippen LogP contribution in [0, 0.1) is 23.0 Å². The minimum Gasteiger partial charge on any atom is -0.367 e. The van der Waals surface area contributed by atoms with Crippen LogP contribution in [0.4, 0.5) is 34.1 Å². The molecule has 0 spiro atoms. The van der Waals surface area contributed by atoms with E-state index in [4.69, 9.17) is 5.26 Å². The number of thiazole rings is 1. The lowest BCUT2D eigenvalue weighted by atomic mass is 10.0. The Bertz CT molecular complexity index is 1630. The topological polar surface area (TPSA) is 108 Å². The fourth-order valence-corrected chi connectivity index (χ4v) is 5.65. The number of nitrogens with one attached hydrogen (secondary N) is 2. The molecule has 2 aliphatic heterocycles. The normalized spacial score (nSPS) is 17.6. The van der Waals surface area contributed by atoms with Crippen molar-refractivity contribution in [1.82, 2.24) is 14.9 Å². The molecule has 1 aromatic carbocycles. The molecule has 1 saturated heterocycles. The smallest absolute Gasteiger partial charge is 0.264 e. The molecule has 0 saturated carbocycles. The summed E-state index contributed by atoms with van der Waals surface area (Å²) >= 11 is 1.15. The third-order valence-corrected chi connectivity index (χ3v) is 8.25. The fourth-order valence-electron chi connectivity index (χ4n) is 4.93. The van der Waals surface area contributed by atoms with Gasteiger partial charge >= 0.3 is 0 Å². The Kier molecular flexibility index (Phi) is 7.83. The number of benzene rings is 1. The monoisotopic (exact) mass is 587 g/mol. The van der Waals surface area contributed by atoms with Crippen molar-refractivity contribution in [2.45, 2.75) is 19.4 Å². The van der Waals surface area contributed by atoms with Crippen LogP contribution in [0.1, 0.15) is 39.7 Å². The van der Waals surface area contributed by atoms with Crippen molar-refractivity contribution >= 4 is 39.3 Å². The number of alkyl halides is 2. The van der Waals surface area contributed by atoms with Crippen molar-refractivity contribution < 1.29 is 22.4 Å². The van der Waals surface area contributed by atoms with E-state index in [9.17, 15) is 18.4 Å². The largest absolute Gasteiger partial charge is 0.367 e. The van der Waals surface area contributed by atoms with Gasteiger partial charge in [-0.25, -0.2) is 22.5 Å². The van der Waals surface area contributed by atoms with E-state index in [0.717, 1.165) is 23.6 Å². The first-order valence-corrected chi connectivity index (χ1v) is 13.5. The highest BCUT2D eigenvalue weighted by Gasteiger charge is 2.31. The maximum absolute atomic E-state index is 16.3. The number of amides is 1. The second-order valence-electron chi connectivity index (χ2n) is 9.87. The average Bonchev–Trinajstić information content (AvgIpc) is 3.61. The van der Waals surface area contributed by atoms with Crippen LogP contribution in [0.15, 0.2) is 35.4 Å². The highest BCUT2D eigenvalue weighted by atomic mass is 32.1. The number of aromatic nitrogens is 2. The second kappa shape index (κ2) is 11.3. The minimum absolute atomic E-state index is 0.0328. The van der Waals surface area contributed by atoms with Gasteiger partial charge in [-0.15, -0.1) is 0 Å². The van der Waals surface area contributed by atoms with Crippen LogP contribution in [0.25, 0.3) is 5.57 Å². The van der Waals surface area contributed by atoms with Crippen molar-refractivity contribution in [3.05, 3.63) is 74.2 Å². The molecule has 3 aromatic rings. The van der Waals surface area contributed by atoms with Gasteiger partial charge in [0.2, 0.25) is 5.56 Å². The molecular formula is C27H25F4N7O2S. The zero-order valence-corrected chi connectivity index (χ0v) is 22.9. The fraction of sp³-hybridized carbons (Fsp3) is 0.333. The van der Waals surface area contributed by atoms with E-state index >= 15 is 8.78 Å². The first-order valence-electron chi connectivity index (χ1n) is 12.7. The number of carbonyl (C=O) groups excluding carboxylic acids is 1. The maximum Gasteiger partial charge on any atom is 0.264 e. The Morgan fingerprint density at radius 2 is 2.05 bits per heavy atom. The third kappa shape index (κ3) is 5.55. The second-order valence-corrected chi connectivity index (χ2v) is 10.9. The molecule has 1 amide bonds. The Hall–Kier alpha value is -4.22. The standard InChI is InChI=1S/C27H25F4N7O2S/c1-14-12-37(6-5-36(14)2)20-8-19(28)22(15-3-4-38(13-15)27-34-10-16(9-32)41-27)23(29)24(20)35-26(40)18-11-33-21(39)7-17(18)25(30)31/h3,7-8,10-11,14,25H,4-6,12-13H2,1-2H3,(H,33,39)(H,35,40)/t14-/m0/s1. The number of piperazine rings is 1. The van der Waals surface area contributed by atoms with Gasteiger partial charge in [0, 0.05) is 62.7 Å². The summed E-state index contributed by atoms with van der Waals surface area (Å²) in [6.45, 7) is 3.74. The number of anilines is 3. The van der Waals surface area contributed by atoms with Crippen LogP contribution in [0.3, 0.4) is 0 Å². The van der Waals surface area contributed by atoms with E-state index < -0.39 is 40.7 Å². The minimum atomic E-state index is -3.13. The molecule has 0 unspecified atom stereocenters. The van der Waals surface area contributed by atoms with E-state index in [0.29, 0.717) is 47.8 Å². The molecule has 4 heterocycles. The van der Waals surface area contributed by atoms with Crippen LogP contribution in [0.2, 0.25) is 0 Å².